The van der Waals surface area contributed by atoms with Crippen molar-refractivity contribution in [2.75, 3.05) is 0 Å². The molecule has 0 bridgehead atoms. The monoisotopic (exact) mass is 342 g/mol. The third-order valence-corrected chi connectivity index (χ3v) is 3.96. The van der Waals surface area contributed by atoms with Crippen LogP contribution in [0.25, 0.3) is 0 Å². The zero-order valence-corrected chi connectivity index (χ0v) is 14.0. The van der Waals surface area contributed by atoms with Crippen LogP contribution in [0, 0.1) is 11.8 Å². The molecule has 0 fully saturated rings. The van der Waals surface area contributed by atoms with Crippen LogP contribution in [0.15, 0.2) is 42.5 Å². The van der Waals surface area contributed by atoms with Crippen molar-refractivity contribution < 1.29 is 19.8 Å². The molecule has 0 radical (unpaired) electrons. The molecule has 1 aromatic heterocycles. The lowest BCUT2D eigenvalue weighted by atomic mass is 10.1. The Labute approximate surface area is 144 Å². The van der Waals surface area contributed by atoms with Gasteiger partial charge in [-0.3, -0.25) is 4.79 Å². The summed E-state index contributed by atoms with van der Waals surface area (Å²) in [6.07, 6.45) is 0. The number of hydrogen-bond acceptors (Lipinski definition) is 5. The number of hydrogen-bond donors (Lipinski definition) is 2. The van der Waals surface area contributed by atoms with Crippen LogP contribution in [0.2, 0.25) is 0 Å². The van der Waals surface area contributed by atoms with Gasteiger partial charge in [0.15, 0.2) is 0 Å². The van der Waals surface area contributed by atoms with Crippen molar-refractivity contribution >= 4 is 23.2 Å². The molecule has 6 heteroatoms. The van der Waals surface area contributed by atoms with Gasteiger partial charge in [-0.1, -0.05) is 42.2 Å². The lowest BCUT2D eigenvalue weighted by Crippen LogP contribution is -2.41. The Morgan fingerprint density at radius 1 is 1.21 bits per heavy atom. The van der Waals surface area contributed by atoms with Crippen molar-refractivity contribution in [2.45, 2.75) is 25.5 Å². The van der Waals surface area contributed by atoms with Crippen molar-refractivity contribution in [3.05, 3.63) is 57.8 Å². The highest BCUT2D eigenvalue weighted by atomic mass is 32.1. The van der Waals surface area contributed by atoms with E-state index in [4.69, 9.17) is 0 Å². The summed E-state index contributed by atoms with van der Waals surface area (Å²) in [5, 5.41) is 23.3. The summed E-state index contributed by atoms with van der Waals surface area (Å²) in [5.74, 6) is 3.53. The molecular weight excluding hydrogens is 326 g/mol. The van der Waals surface area contributed by atoms with Gasteiger partial charge in [-0.15, -0.1) is 11.3 Å². The van der Waals surface area contributed by atoms with Crippen molar-refractivity contribution in [1.82, 2.24) is 5.32 Å². The Morgan fingerprint density at radius 2 is 1.88 bits per heavy atom. The first-order chi connectivity index (χ1) is 11.3. The number of aliphatic carboxylic acids is 1. The third kappa shape index (κ3) is 4.95. The van der Waals surface area contributed by atoms with Gasteiger partial charge in [0.1, 0.15) is 5.60 Å². The summed E-state index contributed by atoms with van der Waals surface area (Å²) >= 11 is 1.12. The summed E-state index contributed by atoms with van der Waals surface area (Å²) in [4.78, 5) is 24.5. The molecule has 0 spiro atoms. The van der Waals surface area contributed by atoms with Gasteiger partial charge in [0.25, 0.3) is 5.91 Å². The number of carbonyl (C=O) groups is 2. The molecule has 2 rings (SSSR count). The third-order valence-electron chi connectivity index (χ3n) is 2.97. The van der Waals surface area contributed by atoms with E-state index < -0.39 is 23.5 Å². The fourth-order valence-corrected chi connectivity index (χ4v) is 2.63. The largest absolute Gasteiger partial charge is 0.548 e. The maximum Gasteiger partial charge on any atom is 0.262 e. The van der Waals surface area contributed by atoms with E-state index >= 15 is 0 Å². The number of aliphatic hydroxyl groups is 1. The predicted octanol–water partition coefficient (Wildman–Crippen LogP) is 1.09. The molecule has 1 amide bonds. The Morgan fingerprint density at radius 3 is 2.46 bits per heavy atom. The highest BCUT2D eigenvalue weighted by Gasteiger charge is 2.18. The van der Waals surface area contributed by atoms with Gasteiger partial charge in [-0.25, -0.2) is 0 Å². The number of nitrogens with one attached hydrogen (secondary N) is 1. The summed E-state index contributed by atoms with van der Waals surface area (Å²) in [6.45, 7) is 3.12. The minimum Gasteiger partial charge on any atom is -0.548 e. The molecule has 0 saturated carbocycles. The van der Waals surface area contributed by atoms with Crippen molar-refractivity contribution in [3.8, 4) is 11.8 Å². The highest BCUT2D eigenvalue weighted by molar-refractivity contribution is 7.14. The van der Waals surface area contributed by atoms with E-state index in [1.54, 1.807) is 56.3 Å². The topological polar surface area (TPSA) is 89.5 Å². The molecule has 24 heavy (non-hydrogen) atoms. The second-order valence-electron chi connectivity index (χ2n) is 5.61. The molecule has 2 aromatic rings. The molecule has 0 unspecified atom stereocenters. The first-order valence-electron chi connectivity index (χ1n) is 7.18. The molecule has 1 aromatic carbocycles. The minimum absolute atomic E-state index is 0.331. The summed E-state index contributed by atoms with van der Waals surface area (Å²) in [7, 11) is 0. The van der Waals surface area contributed by atoms with E-state index in [1.165, 1.54) is 0 Å². The van der Waals surface area contributed by atoms with E-state index in [-0.39, 0.29) is 0 Å². The lowest BCUT2D eigenvalue weighted by molar-refractivity contribution is -0.308. The van der Waals surface area contributed by atoms with Gasteiger partial charge in [0.05, 0.1) is 21.8 Å². The Kier molecular flexibility index (Phi) is 5.39. The van der Waals surface area contributed by atoms with Gasteiger partial charge in [-0.2, -0.15) is 0 Å². The zero-order valence-electron chi connectivity index (χ0n) is 13.2. The summed E-state index contributed by atoms with van der Waals surface area (Å²) in [6, 6.07) is 10.3. The number of carboxylic acids is 1. The average Bonchev–Trinajstić information content (AvgIpc) is 2.99. The number of rotatable bonds is 4. The Balaban J connectivity index is 2.15. The molecule has 1 heterocycles. The van der Waals surface area contributed by atoms with Crippen LogP contribution >= 0.6 is 11.3 Å². The van der Waals surface area contributed by atoms with Crippen molar-refractivity contribution in [1.29, 1.82) is 0 Å². The van der Waals surface area contributed by atoms with Crippen LogP contribution < -0.4 is 10.4 Å². The molecule has 5 nitrogen and oxygen atoms in total. The highest BCUT2D eigenvalue weighted by Crippen LogP contribution is 2.18. The second-order valence-corrected chi connectivity index (χ2v) is 6.69. The summed E-state index contributed by atoms with van der Waals surface area (Å²) in [5.41, 5.74) is -0.691. The Bertz CT molecular complexity index is 794. The van der Waals surface area contributed by atoms with Crippen molar-refractivity contribution in [2.24, 2.45) is 0 Å². The number of benzene rings is 1. The quantitative estimate of drug-likeness (QED) is 0.814. The van der Waals surface area contributed by atoms with E-state index in [2.05, 4.69) is 17.2 Å². The van der Waals surface area contributed by atoms with Crippen LogP contribution in [0.1, 0.15) is 40.0 Å². The number of carboxylic acid groups (broad SMARTS) is 1. The van der Waals surface area contributed by atoms with Gasteiger partial charge < -0.3 is 20.3 Å². The fourth-order valence-electron chi connectivity index (χ4n) is 1.87. The average molecular weight is 342 g/mol. The second kappa shape index (κ2) is 7.30. The smallest absolute Gasteiger partial charge is 0.262 e. The van der Waals surface area contributed by atoms with Crippen molar-refractivity contribution in [3.63, 3.8) is 0 Å². The molecule has 2 N–H and O–H groups in total. The van der Waals surface area contributed by atoms with E-state index in [0.717, 1.165) is 11.3 Å². The lowest BCUT2D eigenvalue weighted by Gasteiger charge is -2.19. The fraction of sp³-hybridized carbons (Fsp3) is 0.222. The van der Waals surface area contributed by atoms with Gasteiger partial charge >= 0.3 is 0 Å². The molecule has 1 atom stereocenters. The first kappa shape index (κ1) is 17.7. The number of thiophene rings is 1. The molecule has 0 saturated heterocycles. The molecule has 0 aliphatic rings. The summed E-state index contributed by atoms with van der Waals surface area (Å²) < 4.78 is 0. The predicted molar refractivity (Wildman–Crippen MR) is 89.2 cm³/mol. The van der Waals surface area contributed by atoms with E-state index in [1.807, 2.05) is 0 Å². The van der Waals surface area contributed by atoms with E-state index in [0.29, 0.717) is 15.3 Å². The first-order valence-corrected chi connectivity index (χ1v) is 8.00. The standard InChI is InChI=1S/C18H17NO4S/c1-18(2,23)11-10-13-8-9-14(24-13)16(20)19-15(17(21)22)12-6-4-3-5-7-12/h3-9,15,23H,1-2H3,(H,19,20)(H,21,22)/p-1/t15-/m1/s1. The maximum atomic E-state index is 12.3. The van der Waals surface area contributed by atoms with Crippen LogP contribution in [-0.4, -0.2) is 22.6 Å². The number of amides is 1. The van der Waals surface area contributed by atoms with Crippen LogP contribution in [-0.2, 0) is 4.79 Å². The number of carbonyl (C=O) groups excluding carboxylic acids is 2. The zero-order chi connectivity index (χ0) is 17.7. The van der Waals surface area contributed by atoms with Crippen LogP contribution in [0.4, 0.5) is 0 Å². The van der Waals surface area contributed by atoms with Crippen LogP contribution in [0.5, 0.6) is 0 Å². The minimum atomic E-state index is -1.38. The molecular formula is C18H16NO4S-. The Hall–Kier alpha value is -2.62. The molecule has 0 aliphatic heterocycles. The normalized spacial score (nSPS) is 12.0. The molecule has 124 valence electrons. The SMILES string of the molecule is CC(C)(O)C#Cc1ccc(C(=O)N[C@@H](C(=O)[O-])c2ccccc2)s1. The van der Waals surface area contributed by atoms with Crippen LogP contribution in [0.3, 0.4) is 0 Å². The van der Waals surface area contributed by atoms with Gasteiger partial charge in [0.2, 0.25) is 0 Å². The van der Waals surface area contributed by atoms with Gasteiger partial charge in [0, 0.05) is 0 Å². The van der Waals surface area contributed by atoms with E-state index in [9.17, 15) is 19.8 Å². The van der Waals surface area contributed by atoms with Gasteiger partial charge in [-0.05, 0) is 31.5 Å². The maximum absolute atomic E-state index is 12.3. The molecule has 0 aliphatic carbocycles.